The van der Waals surface area contributed by atoms with Crippen molar-refractivity contribution in [2.24, 2.45) is 16.7 Å². The Bertz CT molecular complexity index is 655. The molecule has 0 spiro atoms. The molecule has 4 rings (SSSR count). The van der Waals surface area contributed by atoms with Crippen LogP contribution in [0.3, 0.4) is 0 Å². The SMILES string of the molecule is C=C(I)C[C@@]1(O)CC[C@]2(C)C(=CC[C@H]3[C@]4(C)CCC[C@@]32OC4=O)C1. The second-order valence-electron chi connectivity index (χ2n) is 8.99. The minimum Gasteiger partial charge on any atom is -0.457 e. The van der Waals surface area contributed by atoms with Crippen molar-refractivity contribution in [1.29, 1.82) is 0 Å². The van der Waals surface area contributed by atoms with Crippen LogP contribution >= 0.6 is 22.6 Å². The molecule has 3 aliphatic carbocycles. The predicted molar refractivity (Wildman–Crippen MR) is 102 cm³/mol. The molecular weight excluding hydrogens is 415 g/mol. The van der Waals surface area contributed by atoms with Crippen LogP contribution in [-0.4, -0.2) is 22.3 Å². The lowest BCUT2D eigenvalue weighted by Gasteiger charge is -2.59. The van der Waals surface area contributed by atoms with E-state index in [0.717, 1.165) is 42.1 Å². The molecule has 0 aromatic rings. The van der Waals surface area contributed by atoms with Gasteiger partial charge in [-0.1, -0.05) is 25.2 Å². The zero-order valence-electron chi connectivity index (χ0n) is 14.7. The number of carbonyl (C=O) groups is 1. The van der Waals surface area contributed by atoms with Gasteiger partial charge in [0.25, 0.3) is 0 Å². The van der Waals surface area contributed by atoms with Gasteiger partial charge in [0.15, 0.2) is 0 Å². The van der Waals surface area contributed by atoms with Crippen molar-refractivity contribution < 1.29 is 14.6 Å². The molecule has 0 aromatic carbocycles. The minimum absolute atomic E-state index is 0.0161. The molecule has 24 heavy (non-hydrogen) atoms. The Hall–Kier alpha value is -0.360. The smallest absolute Gasteiger partial charge is 0.312 e. The van der Waals surface area contributed by atoms with Gasteiger partial charge in [-0.05, 0) is 78.0 Å². The third-order valence-electron chi connectivity index (χ3n) is 7.69. The fourth-order valence-corrected chi connectivity index (χ4v) is 6.99. The number of carbonyl (C=O) groups excluding carboxylic acids is 1. The van der Waals surface area contributed by atoms with E-state index in [1.54, 1.807) is 0 Å². The van der Waals surface area contributed by atoms with Crippen LogP contribution < -0.4 is 0 Å². The Labute approximate surface area is 158 Å². The van der Waals surface area contributed by atoms with Crippen molar-refractivity contribution in [2.75, 3.05) is 0 Å². The van der Waals surface area contributed by atoms with Crippen molar-refractivity contribution in [3.63, 3.8) is 0 Å². The first-order valence-corrected chi connectivity index (χ1v) is 10.2. The second kappa shape index (κ2) is 5.09. The lowest BCUT2D eigenvalue weighted by Crippen LogP contribution is -2.60. The standard InChI is InChI=1S/C20H27IO3/c1-13(21)11-19(23)10-9-18(3)14(12-19)5-6-15-17(2)7-4-8-20(15,18)24-16(17)22/h5,15,23H,1,4,6-12H2,2-3H3/t15-,17-,18+,19-,20+/m0/s1. The number of hydrogen-bond acceptors (Lipinski definition) is 3. The molecule has 3 nitrogen and oxygen atoms in total. The van der Waals surface area contributed by atoms with Crippen LogP contribution in [0.15, 0.2) is 21.8 Å². The van der Waals surface area contributed by atoms with Gasteiger partial charge in [-0.25, -0.2) is 0 Å². The van der Waals surface area contributed by atoms with E-state index in [4.69, 9.17) is 4.74 Å². The number of halogens is 1. The summed E-state index contributed by atoms with van der Waals surface area (Å²) >= 11 is 2.21. The molecule has 0 aromatic heterocycles. The number of ether oxygens (including phenoxy) is 1. The van der Waals surface area contributed by atoms with Gasteiger partial charge in [0.1, 0.15) is 5.60 Å². The van der Waals surface area contributed by atoms with Gasteiger partial charge in [-0.15, -0.1) is 0 Å². The molecular formula is C20H27IO3. The highest BCUT2D eigenvalue weighted by molar-refractivity contribution is 14.1. The highest BCUT2D eigenvalue weighted by Crippen LogP contribution is 2.69. The number of allylic oxidation sites excluding steroid dienone is 1. The van der Waals surface area contributed by atoms with E-state index in [0.29, 0.717) is 18.8 Å². The summed E-state index contributed by atoms with van der Waals surface area (Å²) < 4.78 is 7.22. The van der Waals surface area contributed by atoms with E-state index < -0.39 is 5.60 Å². The molecule has 2 bridgehead atoms. The van der Waals surface area contributed by atoms with Crippen molar-refractivity contribution in [3.8, 4) is 0 Å². The average molecular weight is 442 g/mol. The zero-order valence-corrected chi connectivity index (χ0v) is 16.8. The third kappa shape index (κ3) is 2.01. The van der Waals surface area contributed by atoms with Crippen LogP contribution in [0.5, 0.6) is 0 Å². The van der Waals surface area contributed by atoms with Gasteiger partial charge in [-0.3, -0.25) is 4.79 Å². The number of rotatable bonds is 2. The molecule has 1 N–H and O–H groups in total. The first kappa shape index (κ1) is 17.1. The summed E-state index contributed by atoms with van der Waals surface area (Å²) in [6.45, 7) is 8.37. The average Bonchev–Trinajstić information content (AvgIpc) is 2.60. The van der Waals surface area contributed by atoms with Crippen LogP contribution in [0.2, 0.25) is 0 Å². The molecule has 1 heterocycles. The first-order chi connectivity index (χ1) is 11.2. The molecule has 132 valence electrons. The van der Waals surface area contributed by atoms with Gasteiger partial charge in [-0.2, -0.15) is 0 Å². The Morgan fingerprint density at radius 1 is 1.38 bits per heavy atom. The van der Waals surface area contributed by atoms with Gasteiger partial charge >= 0.3 is 5.97 Å². The molecule has 0 unspecified atom stereocenters. The summed E-state index contributed by atoms with van der Waals surface area (Å²) in [6.07, 6.45) is 9.22. The fraction of sp³-hybridized carbons (Fsp3) is 0.750. The maximum absolute atomic E-state index is 12.7. The summed E-state index contributed by atoms with van der Waals surface area (Å²) in [7, 11) is 0. The quantitative estimate of drug-likeness (QED) is 0.384. The number of fused-ring (bicyclic) bond motifs is 1. The maximum Gasteiger partial charge on any atom is 0.312 e. The summed E-state index contributed by atoms with van der Waals surface area (Å²) in [5.74, 6) is 0.313. The lowest BCUT2D eigenvalue weighted by molar-refractivity contribution is -0.169. The van der Waals surface area contributed by atoms with Crippen LogP contribution in [-0.2, 0) is 9.53 Å². The van der Waals surface area contributed by atoms with E-state index in [9.17, 15) is 9.90 Å². The Morgan fingerprint density at radius 2 is 2.12 bits per heavy atom. The molecule has 0 radical (unpaired) electrons. The van der Waals surface area contributed by atoms with Gasteiger partial charge in [0, 0.05) is 17.8 Å². The molecule has 3 fully saturated rings. The Kier molecular flexibility index (Phi) is 3.62. The maximum atomic E-state index is 12.7. The van der Waals surface area contributed by atoms with Crippen molar-refractivity contribution >= 4 is 28.6 Å². The third-order valence-corrected chi connectivity index (χ3v) is 8.07. The van der Waals surface area contributed by atoms with Gasteiger partial charge in [0.05, 0.1) is 11.0 Å². The molecule has 2 saturated carbocycles. The van der Waals surface area contributed by atoms with E-state index in [1.807, 2.05) is 0 Å². The minimum atomic E-state index is -0.687. The fourth-order valence-electron chi connectivity index (χ4n) is 6.28. The largest absolute Gasteiger partial charge is 0.457 e. The predicted octanol–water partition coefficient (Wildman–Crippen LogP) is 4.68. The van der Waals surface area contributed by atoms with Crippen molar-refractivity contribution in [2.45, 2.75) is 76.4 Å². The van der Waals surface area contributed by atoms with E-state index >= 15 is 0 Å². The van der Waals surface area contributed by atoms with E-state index in [-0.39, 0.29) is 22.4 Å². The first-order valence-electron chi connectivity index (χ1n) is 9.14. The molecule has 4 heteroatoms. The monoisotopic (exact) mass is 442 g/mol. The molecule has 4 aliphatic rings. The summed E-state index contributed by atoms with van der Waals surface area (Å²) in [6, 6.07) is 0. The lowest BCUT2D eigenvalue weighted by atomic mass is 9.46. The summed E-state index contributed by atoms with van der Waals surface area (Å²) in [4.78, 5) is 12.7. The second-order valence-corrected chi connectivity index (χ2v) is 10.5. The highest BCUT2D eigenvalue weighted by Gasteiger charge is 2.72. The highest BCUT2D eigenvalue weighted by atomic mass is 127. The van der Waals surface area contributed by atoms with Gasteiger partial charge in [0.2, 0.25) is 0 Å². The zero-order chi connectivity index (χ0) is 17.4. The van der Waals surface area contributed by atoms with Crippen LogP contribution in [0, 0.1) is 16.7 Å². The van der Waals surface area contributed by atoms with Crippen molar-refractivity contribution in [1.82, 2.24) is 0 Å². The number of esters is 1. The molecule has 0 amide bonds. The van der Waals surface area contributed by atoms with Crippen LogP contribution in [0.25, 0.3) is 0 Å². The van der Waals surface area contributed by atoms with Crippen LogP contribution in [0.4, 0.5) is 0 Å². The molecule has 1 saturated heterocycles. The normalized spacial score (nSPS) is 49.8. The van der Waals surface area contributed by atoms with Crippen molar-refractivity contribution in [3.05, 3.63) is 21.8 Å². The number of hydrogen-bond donors (Lipinski definition) is 1. The van der Waals surface area contributed by atoms with Gasteiger partial charge < -0.3 is 9.84 Å². The Balaban J connectivity index is 1.74. The van der Waals surface area contributed by atoms with E-state index in [1.165, 1.54) is 5.57 Å². The molecule has 1 aliphatic heterocycles. The van der Waals surface area contributed by atoms with E-state index in [2.05, 4.69) is 49.1 Å². The summed E-state index contributed by atoms with van der Waals surface area (Å²) in [5, 5.41) is 11.0. The summed E-state index contributed by atoms with van der Waals surface area (Å²) in [5.41, 5.74) is -0.155. The van der Waals surface area contributed by atoms with Crippen LogP contribution in [0.1, 0.15) is 65.2 Å². The molecule has 5 atom stereocenters. The number of aliphatic hydroxyl groups is 1. The topological polar surface area (TPSA) is 46.5 Å². The Morgan fingerprint density at radius 3 is 2.83 bits per heavy atom.